The lowest BCUT2D eigenvalue weighted by atomic mass is 10.2. The van der Waals surface area contributed by atoms with Gasteiger partial charge in [-0.25, -0.2) is 4.79 Å². The second kappa shape index (κ2) is 5.62. The Balaban J connectivity index is 3.10. The molecule has 0 atom stereocenters. The van der Waals surface area contributed by atoms with Crippen molar-refractivity contribution in [3.05, 3.63) is 11.3 Å². The van der Waals surface area contributed by atoms with E-state index in [9.17, 15) is 4.79 Å². The van der Waals surface area contributed by atoms with Crippen LogP contribution in [0.2, 0.25) is 0 Å². The summed E-state index contributed by atoms with van der Waals surface area (Å²) in [5, 5.41) is 10.3. The lowest BCUT2D eigenvalue weighted by molar-refractivity contribution is 0.0526. The Bertz CT molecular complexity index is 442. The monoisotopic (exact) mass is 256 g/mol. The molecule has 0 saturated heterocycles. The van der Waals surface area contributed by atoms with E-state index in [2.05, 4.69) is 15.7 Å². The molecule has 0 saturated carbocycles. The van der Waals surface area contributed by atoms with E-state index in [1.165, 1.54) is 0 Å². The first kappa shape index (κ1) is 13.4. The second-order valence-electron chi connectivity index (χ2n) is 3.36. The minimum atomic E-state index is -0.403. The van der Waals surface area contributed by atoms with Crippen LogP contribution in [-0.2, 0) is 11.8 Å². The van der Waals surface area contributed by atoms with Crippen molar-refractivity contribution in [1.82, 2.24) is 15.1 Å². The number of ether oxygens (including phenoxy) is 1. The fraction of sp³-hybridized carbons (Fsp3) is 0.500. The van der Waals surface area contributed by atoms with E-state index < -0.39 is 5.97 Å². The van der Waals surface area contributed by atoms with Crippen molar-refractivity contribution in [2.45, 2.75) is 13.8 Å². The first-order valence-corrected chi connectivity index (χ1v) is 5.61. The van der Waals surface area contributed by atoms with Crippen molar-refractivity contribution in [2.75, 3.05) is 19.0 Å². The average molecular weight is 256 g/mol. The van der Waals surface area contributed by atoms with Crippen LogP contribution < -0.4 is 10.6 Å². The molecule has 1 heterocycles. The van der Waals surface area contributed by atoms with E-state index in [1.54, 1.807) is 32.6 Å². The summed E-state index contributed by atoms with van der Waals surface area (Å²) >= 11 is 5.00. The molecule has 0 aromatic carbocycles. The number of aryl methyl sites for hydroxylation is 2. The smallest absolute Gasteiger partial charge is 0.343 e. The Labute approximate surface area is 105 Å². The van der Waals surface area contributed by atoms with Crippen LogP contribution in [0.1, 0.15) is 23.0 Å². The highest BCUT2D eigenvalue weighted by molar-refractivity contribution is 7.80. The molecule has 17 heavy (non-hydrogen) atoms. The number of hydrogen-bond acceptors (Lipinski definition) is 4. The highest BCUT2D eigenvalue weighted by atomic mass is 32.1. The van der Waals surface area contributed by atoms with Crippen LogP contribution in [0, 0.1) is 6.92 Å². The highest BCUT2D eigenvalue weighted by Crippen LogP contribution is 2.19. The maximum atomic E-state index is 11.8. The van der Waals surface area contributed by atoms with Gasteiger partial charge in [0.05, 0.1) is 12.3 Å². The van der Waals surface area contributed by atoms with Crippen molar-refractivity contribution < 1.29 is 9.53 Å². The molecule has 0 unspecified atom stereocenters. The Morgan fingerprint density at radius 1 is 1.59 bits per heavy atom. The minimum Gasteiger partial charge on any atom is -0.462 e. The first-order chi connectivity index (χ1) is 8.01. The lowest BCUT2D eigenvalue weighted by Gasteiger charge is -2.09. The van der Waals surface area contributed by atoms with Gasteiger partial charge >= 0.3 is 5.97 Å². The molecule has 0 aliphatic carbocycles. The second-order valence-corrected chi connectivity index (χ2v) is 3.77. The zero-order valence-corrected chi connectivity index (χ0v) is 11.1. The molecule has 1 rings (SSSR count). The quantitative estimate of drug-likeness (QED) is 0.616. The summed E-state index contributed by atoms with van der Waals surface area (Å²) in [6.07, 6.45) is 0. The third-order valence-corrected chi connectivity index (χ3v) is 2.47. The molecule has 2 N–H and O–H groups in total. The third kappa shape index (κ3) is 2.94. The van der Waals surface area contributed by atoms with Gasteiger partial charge in [-0.2, -0.15) is 5.10 Å². The third-order valence-electron chi connectivity index (χ3n) is 2.16. The van der Waals surface area contributed by atoms with E-state index in [-0.39, 0.29) is 0 Å². The van der Waals surface area contributed by atoms with Crippen LogP contribution in [0.15, 0.2) is 0 Å². The van der Waals surface area contributed by atoms with Crippen molar-refractivity contribution in [3.63, 3.8) is 0 Å². The number of aromatic nitrogens is 2. The average Bonchev–Trinajstić information content (AvgIpc) is 2.54. The SMILES string of the molecule is CCOC(=O)c1c(C)nn(C)c1NC(=S)NC. The van der Waals surface area contributed by atoms with E-state index in [1.807, 2.05) is 0 Å². The summed E-state index contributed by atoms with van der Waals surface area (Å²) in [5.41, 5.74) is 1.01. The summed E-state index contributed by atoms with van der Waals surface area (Å²) in [5.74, 6) is 0.125. The van der Waals surface area contributed by atoms with Gasteiger partial charge in [0.15, 0.2) is 5.11 Å². The van der Waals surface area contributed by atoms with Crippen LogP contribution in [0.3, 0.4) is 0 Å². The number of rotatable bonds is 3. The molecule has 0 aliphatic heterocycles. The number of carbonyl (C=O) groups excluding carboxylic acids is 1. The van der Waals surface area contributed by atoms with Crippen LogP contribution in [-0.4, -0.2) is 34.5 Å². The number of hydrogen-bond donors (Lipinski definition) is 2. The van der Waals surface area contributed by atoms with E-state index >= 15 is 0 Å². The number of anilines is 1. The molecule has 0 aliphatic rings. The predicted octanol–water partition coefficient (Wildman–Crippen LogP) is 0.821. The van der Waals surface area contributed by atoms with E-state index in [0.29, 0.717) is 28.8 Å². The Morgan fingerprint density at radius 3 is 2.76 bits per heavy atom. The molecule has 1 aromatic rings. The summed E-state index contributed by atoms with van der Waals surface area (Å²) < 4.78 is 6.54. The normalized spacial score (nSPS) is 9.88. The van der Waals surface area contributed by atoms with Crippen molar-refractivity contribution in [1.29, 1.82) is 0 Å². The number of thiocarbonyl (C=S) groups is 1. The molecule has 7 heteroatoms. The topological polar surface area (TPSA) is 68.2 Å². The highest BCUT2D eigenvalue weighted by Gasteiger charge is 2.21. The zero-order chi connectivity index (χ0) is 13.0. The Morgan fingerprint density at radius 2 is 2.24 bits per heavy atom. The summed E-state index contributed by atoms with van der Waals surface area (Å²) in [7, 11) is 3.43. The van der Waals surface area contributed by atoms with Crippen molar-refractivity contribution >= 4 is 29.1 Å². The van der Waals surface area contributed by atoms with Gasteiger partial charge in [-0.05, 0) is 26.1 Å². The molecular weight excluding hydrogens is 240 g/mol. The van der Waals surface area contributed by atoms with E-state index in [4.69, 9.17) is 17.0 Å². The lowest BCUT2D eigenvalue weighted by Crippen LogP contribution is -2.26. The Hall–Kier alpha value is -1.63. The van der Waals surface area contributed by atoms with Gasteiger partial charge in [-0.15, -0.1) is 0 Å². The summed E-state index contributed by atoms with van der Waals surface area (Å²) in [6, 6.07) is 0. The number of nitrogens with one attached hydrogen (secondary N) is 2. The largest absolute Gasteiger partial charge is 0.462 e. The van der Waals surface area contributed by atoms with Gasteiger partial charge < -0.3 is 15.4 Å². The Kier molecular flexibility index (Phi) is 4.45. The summed E-state index contributed by atoms with van der Waals surface area (Å²) in [6.45, 7) is 3.83. The number of esters is 1. The first-order valence-electron chi connectivity index (χ1n) is 5.20. The predicted molar refractivity (Wildman–Crippen MR) is 69.2 cm³/mol. The van der Waals surface area contributed by atoms with Crippen LogP contribution in [0.4, 0.5) is 5.82 Å². The van der Waals surface area contributed by atoms with Gasteiger partial charge in [0.1, 0.15) is 11.4 Å². The van der Waals surface area contributed by atoms with Crippen LogP contribution >= 0.6 is 12.2 Å². The van der Waals surface area contributed by atoms with Gasteiger partial charge in [0.25, 0.3) is 0 Å². The maximum absolute atomic E-state index is 11.8. The molecule has 0 fully saturated rings. The summed E-state index contributed by atoms with van der Waals surface area (Å²) in [4.78, 5) is 11.8. The fourth-order valence-corrected chi connectivity index (χ4v) is 1.52. The van der Waals surface area contributed by atoms with Crippen LogP contribution in [0.5, 0.6) is 0 Å². The van der Waals surface area contributed by atoms with Gasteiger partial charge in [0.2, 0.25) is 0 Å². The standard InChI is InChI=1S/C10H16N4O2S/c1-5-16-9(15)7-6(2)13-14(4)8(7)12-10(17)11-3/h5H2,1-4H3,(H2,11,12,17). The maximum Gasteiger partial charge on any atom is 0.343 e. The van der Waals surface area contributed by atoms with Crippen molar-refractivity contribution in [2.24, 2.45) is 7.05 Å². The molecule has 0 amide bonds. The van der Waals surface area contributed by atoms with Crippen molar-refractivity contribution in [3.8, 4) is 0 Å². The minimum absolute atomic E-state index is 0.323. The van der Waals surface area contributed by atoms with Crippen LogP contribution in [0.25, 0.3) is 0 Å². The molecular formula is C10H16N4O2S. The van der Waals surface area contributed by atoms with Gasteiger partial charge in [-0.3, -0.25) is 4.68 Å². The zero-order valence-electron chi connectivity index (χ0n) is 10.3. The molecule has 6 nitrogen and oxygen atoms in total. The number of carbonyl (C=O) groups is 1. The van der Waals surface area contributed by atoms with Gasteiger partial charge in [0, 0.05) is 14.1 Å². The molecule has 0 spiro atoms. The molecule has 0 radical (unpaired) electrons. The molecule has 0 bridgehead atoms. The fourth-order valence-electron chi connectivity index (χ4n) is 1.42. The van der Waals surface area contributed by atoms with E-state index in [0.717, 1.165) is 0 Å². The van der Waals surface area contributed by atoms with Gasteiger partial charge in [-0.1, -0.05) is 0 Å². The molecule has 1 aromatic heterocycles. The molecule has 94 valence electrons. The number of nitrogens with zero attached hydrogens (tertiary/aromatic N) is 2.